The number of hydrogen-bond donors (Lipinski definition) is 1. The van der Waals surface area contributed by atoms with Crippen molar-refractivity contribution in [2.75, 3.05) is 6.61 Å². The van der Waals surface area contributed by atoms with Gasteiger partial charge in [-0.05, 0) is 18.1 Å². The molecule has 0 bridgehead atoms. The van der Waals surface area contributed by atoms with Crippen LogP contribution < -0.4 is 0 Å². The van der Waals surface area contributed by atoms with Gasteiger partial charge in [-0.15, -0.1) is 0 Å². The first-order valence-corrected chi connectivity index (χ1v) is 5.18. The fourth-order valence-corrected chi connectivity index (χ4v) is 1.94. The highest BCUT2D eigenvalue weighted by atomic mass is 79.9. The Kier molecular flexibility index (Phi) is 4.16. The topological polar surface area (TPSA) is 20.2 Å². The standard InChI is InChI=1S/C10H10BrF3O/c11-9-4-2-1-3-7(9)8(5-6-15)10(12,13)14/h1-4,8,15H,5-6H2. The number of benzene rings is 1. The average molecular weight is 283 g/mol. The summed E-state index contributed by atoms with van der Waals surface area (Å²) in [6.45, 7) is -0.481. The zero-order valence-corrected chi connectivity index (χ0v) is 9.35. The molecule has 1 aromatic carbocycles. The minimum absolute atomic E-state index is 0.166. The van der Waals surface area contributed by atoms with Crippen molar-refractivity contribution in [1.82, 2.24) is 0 Å². The predicted octanol–water partition coefficient (Wildman–Crippen LogP) is 3.48. The second-order valence-corrected chi connectivity index (χ2v) is 3.98. The van der Waals surface area contributed by atoms with Crippen LogP contribution in [0.1, 0.15) is 17.9 Å². The van der Waals surface area contributed by atoms with E-state index in [0.717, 1.165) is 0 Å². The Bertz CT molecular complexity index is 325. The van der Waals surface area contributed by atoms with Gasteiger partial charge in [-0.2, -0.15) is 13.2 Å². The van der Waals surface area contributed by atoms with Crippen molar-refractivity contribution < 1.29 is 18.3 Å². The molecule has 1 aromatic rings. The maximum atomic E-state index is 12.6. The van der Waals surface area contributed by atoms with Crippen LogP contribution in [0.15, 0.2) is 28.7 Å². The quantitative estimate of drug-likeness (QED) is 0.900. The SMILES string of the molecule is OCCC(c1ccccc1Br)C(F)(F)F. The summed E-state index contributed by atoms with van der Waals surface area (Å²) in [5, 5.41) is 8.64. The molecule has 0 saturated heterocycles. The zero-order valence-electron chi connectivity index (χ0n) is 7.76. The van der Waals surface area contributed by atoms with E-state index in [-0.39, 0.29) is 12.0 Å². The van der Waals surface area contributed by atoms with Gasteiger partial charge in [-0.25, -0.2) is 0 Å². The maximum Gasteiger partial charge on any atom is 0.395 e. The summed E-state index contributed by atoms with van der Waals surface area (Å²) in [5.41, 5.74) is 0.166. The molecule has 0 heterocycles. The van der Waals surface area contributed by atoms with Crippen molar-refractivity contribution in [1.29, 1.82) is 0 Å². The average Bonchev–Trinajstić information content (AvgIpc) is 2.14. The van der Waals surface area contributed by atoms with E-state index in [1.165, 1.54) is 6.07 Å². The smallest absolute Gasteiger partial charge is 0.395 e. The van der Waals surface area contributed by atoms with Crippen LogP contribution in [-0.4, -0.2) is 17.9 Å². The predicted molar refractivity (Wildman–Crippen MR) is 54.6 cm³/mol. The third-order valence-electron chi connectivity index (χ3n) is 2.09. The molecule has 0 aliphatic rings. The van der Waals surface area contributed by atoms with E-state index in [1.54, 1.807) is 18.2 Å². The third kappa shape index (κ3) is 3.21. The highest BCUT2D eigenvalue weighted by Gasteiger charge is 2.40. The molecule has 0 saturated carbocycles. The number of rotatable bonds is 3. The summed E-state index contributed by atoms with van der Waals surface area (Å²) in [5.74, 6) is -1.61. The fourth-order valence-electron chi connectivity index (χ4n) is 1.38. The molecule has 5 heteroatoms. The molecule has 0 amide bonds. The Morgan fingerprint density at radius 3 is 2.33 bits per heavy atom. The second kappa shape index (κ2) is 4.99. The lowest BCUT2D eigenvalue weighted by atomic mass is 9.95. The molecule has 84 valence electrons. The van der Waals surface area contributed by atoms with Crippen molar-refractivity contribution in [3.63, 3.8) is 0 Å². The number of hydrogen-bond acceptors (Lipinski definition) is 1. The number of aliphatic hydroxyl groups is 1. The van der Waals surface area contributed by atoms with Gasteiger partial charge in [0.2, 0.25) is 0 Å². The summed E-state index contributed by atoms with van der Waals surface area (Å²) in [6.07, 6.45) is -4.64. The lowest BCUT2D eigenvalue weighted by molar-refractivity contribution is -0.153. The Morgan fingerprint density at radius 2 is 1.87 bits per heavy atom. The van der Waals surface area contributed by atoms with Crippen molar-refractivity contribution in [3.05, 3.63) is 34.3 Å². The summed E-state index contributed by atoms with van der Waals surface area (Å²) >= 11 is 3.08. The fraction of sp³-hybridized carbons (Fsp3) is 0.400. The Labute approximate surface area is 94.0 Å². The van der Waals surface area contributed by atoms with E-state index in [4.69, 9.17) is 5.11 Å². The Hall–Kier alpha value is -0.550. The highest BCUT2D eigenvalue weighted by Crippen LogP contribution is 2.39. The monoisotopic (exact) mass is 282 g/mol. The van der Waals surface area contributed by atoms with Gasteiger partial charge in [0.1, 0.15) is 0 Å². The third-order valence-corrected chi connectivity index (χ3v) is 2.82. The van der Waals surface area contributed by atoms with Gasteiger partial charge < -0.3 is 5.11 Å². The minimum Gasteiger partial charge on any atom is -0.396 e. The van der Waals surface area contributed by atoms with E-state index in [9.17, 15) is 13.2 Å². The Balaban J connectivity index is 3.05. The first-order chi connectivity index (χ1) is 6.96. The van der Waals surface area contributed by atoms with Gasteiger partial charge in [-0.1, -0.05) is 34.1 Å². The van der Waals surface area contributed by atoms with E-state index in [0.29, 0.717) is 4.47 Å². The molecule has 15 heavy (non-hydrogen) atoms. The molecule has 0 fully saturated rings. The normalized spacial score (nSPS) is 13.9. The first kappa shape index (κ1) is 12.5. The Morgan fingerprint density at radius 1 is 1.27 bits per heavy atom. The molecule has 0 aliphatic heterocycles. The lowest BCUT2D eigenvalue weighted by Crippen LogP contribution is -2.22. The highest BCUT2D eigenvalue weighted by molar-refractivity contribution is 9.10. The number of halogens is 4. The molecular weight excluding hydrogens is 273 g/mol. The van der Waals surface area contributed by atoms with Crippen LogP contribution in [0.2, 0.25) is 0 Å². The van der Waals surface area contributed by atoms with Crippen molar-refractivity contribution in [2.24, 2.45) is 0 Å². The number of alkyl halides is 3. The molecule has 1 nitrogen and oxygen atoms in total. The minimum atomic E-state index is -4.33. The van der Waals surface area contributed by atoms with E-state index >= 15 is 0 Å². The second-order valence-electron chi connectivity index (χ2n) is 3.13. The van der Waals surface area contributed by atoms with Crippen LogP contribution in [0.5, 0.6) is 0 Å². The van der Waals surface area contributed by atoms with Crippen LogP contribution in [0.3, 0.4) is 0 Å². The van der Waals surface area contributed by atoms with E-state index in [2.05, 4.69) is 15.9 Å². The molecule has 0 radical (unpaired) electrons. The summed E-state index contributed by atoms with van der Waals surface area (Å²) in [4.78, 5) is 0. The largest absolute Gasteiger partial charge is 0.396 e. The van der Waals surface area contributed by atoms with Crippen LogP contribution in [0.4, 0.5) is 13.2 Å². The van der Waals surface area contributed by atoms with Gasteiger partial charge >= 0.3 is 6.18 Å². The zero-order chi connectivity index (χ0) is 11.5. The lowest BCUT2D eigenvalue weighted by Gasteiger charge is -2.20. The maximum absolute atomic E-state index is 12.6. The van der Waals surface area contributed by atoms with Crippen LogP contribution in [-0.2, 0) is 0 Å². The van der Waals surface area contributed by atoms with Crippen molar-refractivity contribution in [3.8, 4) is 0 Å². The van der Waals surface area contributed by atoms with Crippen LogP contribution in [0, 0.1) is 0 Å². The first-order valence-electron chi connectivity index (χ1n) is 4.39. The van der Waals surface area contributed by atoms with Gasteiger partial charge in [-0.3, -0.25) is 0 Å². The molecule has 1 atom stereocenters. The summed E-state index contributed by atoms with van der Waals surface area (Å²) in [6, 6.07) is 6.18. The molecular formula is C10H10BrF3O. The molecule has 0 spiro atoms. The van der Waals surface area contributed by atoms with Gasteiger partial charge in [0.15, 0.2) is 0 Å². The summed E-state index contributed by atoms with van der Waals surface area (Å²) in [7, 11) is 0. The van der Waals surface area contributed by atoms with Crippen molar-refractivity contribution >= 4 is 15.9 Å². The molecule has 1 rings (SSSR count). The van der Waals surface area contributed by atoms with Gasteiger partial charge in [0.25, 0.3) is 0 Å². The molecule has 1 unspecified atom stereocenters. The van der Waals surface area contributed by atoms with Crippen LogP contribution in [0.25, 0.3) is 0 Å². The van der Waals surface area contributed by atoms with E-state index in [1.807, 2.05) is 0 Å². The van der Waals surface area contributed by atoms with Gasteiger partial charge in [0.05, 0.1) is 5.92 Å². The molecule has 1 N–H and O–H groups in total. The van der Waals surface area contributed by atoms with Crippen LogP contribution >= 0.6 is 15.9 Å². The molecule has 0 aliphatic carbocycles. The molecule has 0 aromatic heterocycles. The van der Waals surface area contributed by atoms with Gasteiger partial charge in [0, 0.05) is 11.1 Å². The number of aliphatic hydroxyl groups excluding tert-OH is 1. The summed E-state index contributed by atoms with van der Waals surface area (Å²) < 4.78 is 38.3. The van der Waals surface area contributed by atoms with Crippen molar-refractivity contribution in [2.45, 2.75) is 18.5 Å². The van der Waals surface area contributed by atoms with E-state index < -0.39 is 18.7 Å².